The highest BCUT2D eigenvalue weighted by molar-refractivity contribution is 8.00. The molecule has 1 aliphatic rings. The largest absolute Gasteiger partial charge is 0.480 e. The number of carbonyl (C=O) groups is 1. The van der Waals surface area contributed by atoms with E-state index in [4.69, 9.17) is 5.11 Å². The highest BCUT2D eigenvalue weighted by Crippen LogP contribution is 2.22. The molecule has 1 heterocycles. The van der Waals surface area contributed by atoms with Crippen molar-refractivity contribution in [3.05, 3.63) is 35.9 Å². The van der Waals surface area contributed by atoms with E-state index in [2.05, 4.69) is 17.4 Å². The second kappa shape index (κ2) is 5.37. The van der Waals surface area contributed by atoms with E-state index in [-0.39, 0.29) is 11.4 Å². The number of thioether (sulfide) groups is 1. The molecule has 2 atom stereocenters. The second-order valence-corrected chi connectivity index (χ2v) is 5.14. The van der Waals surface area contributed by atoms with Crippen molar-refractivity contribution in [2.75, 3.05) is 5.75 Å². The van der Waals surface area contributed by atoms with E-state index >= 15 is 0 Å². The predicted octanol–water partition coefficient (Wildman–Crippen LogP) is 1.73. The summed E-state index contributed by atoms with van der Waals surface area (Å²) in [4.78, 5) is 10.7. The van der Waals surface area contributed by atoms with Crippen LogP contribution < -0.4 is 5.32 Å². The second-order valence-electron chi connectivity index (χ2n) is 3.90. The van der Waals surface area contributed by atoms with Gasteiger partial charge in [0.15, 0.2) is 0 Å². The molecule has 0 saturated carbocycles. The SMILES string of the molecule is O=C(O)[C@H]1CSC(CCc2ccccc2)N1. The van der Waals surface area contributed by atoms with Crippen molar-refractivity contribution >= 4 is 17.7 Å². The fraction of sp³-hybridized carbons (Fsp3) is 0.417. The zero-order chi connectivity index (χ0) is 11.4. The van der Waals surface area contributed by atoms with Gasteiger partial charge in [-0.2, -0.15) is 0 Å². The molecular formula is C12H15NO2S. The van der Waals surface area contributed by atoms with E-state index in [1.807, 2.05) is 18.2 Å². The van der Waals surface area contributed by atoms with Gasteiger partial charge in [-0.3, -0.25) is 10.1 Å². The predicted molar refractivity (Wildman–Crippen MR) is 65.6 cm³/mol. The molecule has 1 fully saturated rings. The van der Waals surface area contributed by atoms with Crippen molar-refractivity contribution in [1.82, 2.24) is 5.32 Å². The number of carboxylic acid groups (broad SMARTS) is 1. The first kappa shape index (κ1) is 11.5. The molecule has 0 amide bonds. The number of rotatable bonds is 4. The fourth-order valence-corrected chi connectivity index (χ4v) is 2.99. The lowest BCUT2D eigenvalue weighted by atomic mass is 10.1. The van der Waals surface area contributed by atoms with Gasteiger partial charge in [-0.25, -0.2) is 0 Å². The molecule has 1 aromatic rings. The first-order valence-corrected chi connectivity index (χ1v) is 6.45. The van der Waals surface area contributed by atoms with Crippen LogP contribution in [0.4, 0.5) is 0 Å². The van der Waals surface area contributed by atoms with Crippen LogP contribution in [0.1, 0.15) is 12.0 Å². The van der Waals surface area contributed by atoms with E-state index in [0.717, 1.165) is 12.8 Å². The van der Waals surface area contributed by atoms with Crippen molar-refractivity contribution < 1.29 is 9.90 Å². The summed E-state index contributed by atoms with van der Waals surface area (Å²) >= 11 is 1.71. The third kappa shape index (κ3) is 3.00. The summed E-state index contributed by atoms with van der Waals surface area (Å²) in [6, 6.07) is 9.91. The molecule has 1 aliphatic heterocycles. The van der Waals surface area contributed by atoms with Crippen LogP contribution >= 0.6 is 11.8 Å². The molecule has 0 radical (unpaired) electrons. The number of nitrogens with one attached hydrogen (secondary N) is 1. The highest BCUT2D eigenvalue weighted by atomic mass is 32.2. The van der Waals surface area contributed by atoms with Gasteiger partial charge in [0.05, 0.1) is 5.37 Å². The number of carboxylic acids is 1. The lowest BCUT2D eigenvalue weighted by Gasteiger charge is -2.10. The third-order valence-electron chi connectivity index (χ3n) is 2.69. The molecule has 1 unspecified atom stereocenters. The van der Waals surface area contributed by atoms with Gasteiger partial charge in [-0.05, 0) is 18.4 Å². The van der Waals surface area contributed by atoms with Crippen molar-refractivity contribution in [3.63, 3.8) is 0 Å². The van der Waals surface area contributed by atoms with E-state index in [0.29, 0.717) is 5.75 Å². The smallest absolute Gasteiger partial charge is 0.321 e. The molecule has 2 N–H and O–H groups in total. The molecule has 1 saturated heterocycles. The third-order valence-corrected chi connectivity index (χ3v) is 3.99. The van der Waals surface area contributed by atoms with Crippen LogP contribution in [0.5, 0.6) is 0 Å². The average Bonchev–Trinajstić information content (AvgIpc) is 2.76. The Bertz CT molecular complexity index is 355. The maximum absolute atomic E-state index is 10.7. The Balaban J connectivity index is 1.78. The van der Waals surface area contributed by atoms with Gasteiger partial charge in [-0.1, -0.05) is 30.3 Å². The van der Waals surface area contributed by atoms with E-state index in [9.17, 15) is 4.79 Å². The van der Waals surface area contributed by atoms with Crippen LogP contribution in [0.15, 0.2) is 30.3 Å². The van der Waals surface area contributed by atoms with Gasteiger partial charge < -0.3 is 5.11 Å². The van der Waals surface area contributed by atoms with Crippen LogP contribution in [0.3, 0.4) is 0 Å². The standard InChI is InChI=1S/C12H15NO2S/c14-12(15)10-8-16-11(13-10)7-6-9-4-2-1-3-5-9/h1-5,10-11,13H,6-8H2,(H,14,15)/t10-,11?/m1/s1. The zero-order valence-corrected chi connectivity index (χ0v) is 9.74. The Hall–Kier alpha value is -1.00. The van der Waals surface area contributed by atoms with E-state index in [1.165, 1.54) is 5.56 Å². The quantitative estimate of drug-likeness (QED) is 0.837. The maximum Gasteiger partial charge on any atom is 0.321 e. The van der Waals surface area contributed by atoms with Gasteiger partial charge in [0.1, 0.15) is 6.04 Å². The molecule has 3 nitrogen and oxygen atoms in total. The maximum atomic E-state index is 10.7. The summed E-state index contributed by atoms with van der Waals surface area (Å²) in [5, 5.41) is 12.2. The van der Waals surface area contributed by atoms with Crippen LogP contribution in [0, 0.1) is 0 Å². The molecule has 2 rings (SSSR count). The summed E-state index contributed by atoms with van der Waals surface area (Å²) in [6.07, 6.45) is 1.98. The fourth-order valence-electron chi connectivity index (χ4n) is 1.78. The van der Waals surface area contributed by atoms with Crippen LogP contribution in [-0.4, -0.2) is 28.2 Å². The summed E-state index contributed by atoms with van der Waals surface area (Å²) in [6.45, 7) is 0. The zero-order valence-electron chi connectivity index (χ0n) is 8.93. The number of benzene rings is 1. The van der Waals surface area contributed by atoms with Crippen molar-refractivity contribution in [3.8, 4) is 0 Å². The van der Waals surface area contributed by atoms with Crippen molar-refractivity contribution in [2.45, 2.75) is 24.3 Å². The topological polar surface area (TPSA) is 49.3 Å². The number of aryl methyl sites for hydroxylation is 1. The molecule has 0 bridgehead atoms. The summed E-state index contributed by atoms with van der Waals surface area (Å²) in [5.74, 6) is -0.0656. The van der Waals surface area contributed by atoms with Gasteiger partial charge in [0, 0.05) is 5.75 Å². The molecule has 1 aromatic carbocycles. The summed E-state index contributed by atoms with van der Waals surface area (Å²) < 4.78 is 0. The minimum Gasteiger partial charge on any atom is -0.480 e. The Morgan fingerprint density at radius 2 is 2.19 bits per heavy atom. The molecule has 16 heavy (non-hydrogen) atoms. The van der Waals surface area contributed by atoms with Crippen LogP contribution in [-0.2, 0) is 11.2 Å². The van der Waals surface area contributed by atoms with Gasteiger partial charge in [0.2, 0.25) is 0 Å². The lowest BCUT2D eigenvalue weighted by Crippen LogP contribution is -2.36. The minimum absolute atomic E-state index is 0.279. The molecular weight excluding hydrogens is 222 g/mol. The number of hydrogen-bond donors (Lipinski definition) is 2. The average molecular weight is 237 g/mol. The molecule has 0 aromatic heterocycles. The monoisotopic (exact) mass is 237 g/mol. The molecule has 0 spiro atoms. The first-order chi connectivity index (χ1) is 7.75. The molecule has 4 heteroatoms. The number of hydrogen-bond acceptors (Lipinski definition) is 3. The molecule has 0 aliphatic carbocycles. The Morgan fingerprint density at radius 3 is 2.81 bits per heavy atom. The van der Waals surface area contributed by atoms with Crippen LogP contribution in [0.2, 0.25) is 0 Å². The Labute approximate surface area is 99.2 Å². The Kier molecular flexibility index (Phi) is 3.85. The van der Waals surface area contributed by atoms with Crippen molar-refractivity contribution in [1.29, 1.82) is 0 Å². The van der Waals surface area contributed by atoms with Gasteiger partial charge in [-0.15, -0.1) is 11.8 Å². The summed E-state index contributed by atoms with van der Waals surface area (Å²) in [7, 11) is 0. The highest BCUT2D eigenvalue weighted by Gasteiger charge is 2.28. The van der Waals surface area contributed by atoms with Gasteiger partial charge >= 0.3 is 5.97 Å². The van der Waals surface area contributed by atoms with Crippen LogP contribution in [0.25, 0.3) is 0 Å². The van der Waals surface area contributed by atoms with Gasteiger partial charge in [0.25, 0.3) is 0 Å². The normalized spacial score (nSPS) is 24.5. The Morgan fingerprint density at radius 1 is 1.44 bits per heavy atom. The number of aliphatic carboxylic acids is 1. The van der Waals surface area contributed by atoms with E-state index < -0.39 is 5.97 Å². The van der Waals surface area contributed by atoms with E-state index in [1.54, 1.807) is 11.8 Å². The molecule has 86 valence electrons. The van der Waals surface area contributed by atoms with Crippen molar-refractivity contribution in [2.24, 2.45) is 0 Å². The minimum atomic E-state index is -0.741. The summed E-state index contributed by atoms with van der Waals surface area (Å²) in [5.41, 5.74) is 1.31. The first-order valence-electron chi connectivity index (χ1n) is 5.40. The lowest BCUT2D eigenvalue weighted by molar-refractivity contribution is -0.138.